The number of nitrogens with zero attached hydrogens (tertiary/aromatic N) is 1. The summed E-state index contributed by atoms with van der Waals surface area (Å²) in [5.74, 6) is -1.46. The van der Waals surface area contributed by atoms with Gasteiger partial charge in [-0.2, -0.15) is 0 Å². The first-order chi connectivity index (χ1) is 17.2. The number of carboxylic acids is 1. The van der Waals surface area contributed by atoms with E-state index < -0.39 is 29.8 Å². The Bertz CT molecular complexity index is 1080. The Balaban J connectivity index is 1.39. The summed E-state index contributed by atoms with van der Waals surface area (Å²) in [6.45, 7) is 6.06. The van der Waals surface area contributed by atoms with Crippen LogP contribution in [0.2, 0.25) is 0 Å². The van der Waals surface area contributed by atoms with Crippen LogP contribution in [0, 0.1) is 5.92 Å². The van der Waals surface area contributed by atoms with Crippen molar-refractivity contribution in [2.45, 2.75) is 57.6 Å². The summed E-state index contributed by atoms with van der Waals surface area (Å²) < 4.78 is 11.0. The molecule has 2 atom stereocenters. The molecule has 1 saturated heterocycles. The van der Waals surface area contributed by atoms with Crippen LogP contribution in [-0.2, 0) is 14.3 Å². The highest BCUT2D eigenvalue weighted by atomic mass is 16.6. The van der Waals surface area contributed by atoms with E-state index in [-0.39, 0.29) is 25.0 Å². The van der Waals surface area contributed by atoms with Gasteiger partial charge in [-0.1, -0.05) is 48.5 Å². The predicted molar refractivity (Wildman–Crippen MR) is 135 cm³/mol. The van der Waals surface area contributed by atoms with Gasteiger partial charge in [-0.05, 0) is 68.2 Å². The monoisotopic (exact) mass is 494 g/mol. The van der Waals surface area contributed by atoms with E-state index in [4.69, 9.17) is 9.47 Å². The second-order valence-electron chi connectivity index (χ2n) is 10.4. The number of benzene rings is 2. The minimum Gasteiger partial charge on any atom is -0.480 e. The van der Waals surface area contributed by atoms with E-state index in [0.717, 1.165) is 22.3 Å². The number of hydrogen-bond donors (Lipinski definition) is 2. The third-order valence-corrected chi connectivity index (χ3v) is 6.76. The van der Waals surface area contributed by atoms with Crippen molar-refractivity contribution in [3.05, 3.63) is 59.7 Å². The molecule has 192 valence electrons. The third kappa shape index (κ3) is 5.64. The number of carbonyl (C=O) groups is 3. The Morgan fingerprint density at radius 2 is 1.64 bits per heavy atom. The van der Waals surface area contributed by atoms with E-state index in [2.05, 4.69) is 17.4 Å². The molecule has 2 N–H and O–H groups in total. The molecular formula is C28H34N2O6. The van der Waals surface area contributed by atoms with Gasteiger partial charge in [0, 0.05) is 19.0 Å². The standard InChI is InChI=1S/C28H34N2O6/c1-28(2,3)36-26(33)29-15-14-18-9-8-16-30(24(18)25(31)32)27(34)35-17-23-21-12-6-4-10-19(21)20-11-5-7-13-22(20)23/h4-7,10-13,18,23-24H,8-9,14-17H2,1-3H3,(H,29,33)(H,31,32). The van der Waals surface area contributed by atoms with Crippen LogP contribution in [0.4, 0.5) is 9.59 Å². The molecule has 4 rings (SSSR count). The topological polar surface area (TPSA) is 105 Å². The van der Waals surface area contributed by atoms with Gasteiger partial charge in [0.1, 0.15) is 18.2 Å². The van der Waals surface area contributed by atoms with Gasteiger partial charge in [-0.3, -0.25) is 4.90 Å². The van der Waals surface area contributed by atoms with Crippen molar-refractivity contribution in [1.29, 1.82) is 0 Å². The highest BCUT2D eigenvalue weighted by molar-refractivity contribution is 5.81. The number of ether oxygens (including phenoxy) is 2. The first kappa shape index (κ1) is 25.5. The number of rotatable bonds is 6. The molecule has 1 aliphatic carbocycles. The lowest BCUT2D eigenvalue weighted by molar-refractivity contribution is -0.146. The molecule has 1 aliphatic heterocycles. The van der Waals surface area contributed by atoms with Gasteiger partial charge < -0.3 is 19.9 Å². The molecule has 0 bridgehead atoms. The van der Waals surface area contributed by atoms with E-state index >= 15 is 0 Å². The van der Waals surface area contributed by atoms with Crippen LogP contribution in [0.15, 0.2) is 48.5 Å². The molecule has 2 aromatic carbocycles. The van der Waals surface area contributed by atoms with Crippen LogP contribution in [0.5, 0.6) is 0 Å². The molecule has 2 aliphatic rings. The lowest BCUT2D eigenvalue weighted by Crippen LogP contribution is -2.53. The van der Waals surface area contributed by atoms with Crippen LogP contribution in [-0.4, -0.2) is 59.5 Å². The Hall–Kier alpha value is -3.55. The largest absolute Gasteiger partial charge is 0.480 e. The first-order valence-electron chi connectivity index (χ1n) is 12.5. The van der Waals surface area contributed by atoms with Gasteiger partial charge in [-0.25, -0.2) is 14.4 Å². The normalized spacial score (nSPS) is 19.2. The minimum atomic E-state index is -1.06. The number of amides is 2. The Morgan fingerprint density at radius 3 is 2.22 bits per heavy atom. The summed E-state index contributed by atoms with van der Waals surface area (Å²) in [6, 6.07) is 15.1. The molecule has 8 nitrogen and oxygen atoms in total. The average Bonchev–Trinajstić information content (AvgIpc) is 3.15. The number of hydrogen-bond acceptors (Lipinski definition) is 5. The zero-order valence-corrected chi connectivity index (χ0v) is 21.0. The summed E-state index contributed by atoms with van der Waals surface area (Å²) in [7, 11) is 0. The average molecular weight is 495 g/mol. The van der Waals surface area contributed by atoms with E-state index in [1.165, 1.54) is 4.90 Å². The fourth-order valence-electron chi connectivity index (χ4n) is 5.27. The molecule has 36 heavy (non-hydrogen) atoms. The van der Waals surface area contributed by atoms with Gasteiger partial charge in [0.25, 0.3) is 0 Å². The number of fused-ring (bicyclic) bond motifs is 3. The molecule has 2 aromatic rings. The smallest absolute Gasteiger partial charge is 0.410 e. The van der Waals surface area contributed by atoms with Crippen molar-refractivity contribution in [3.8, 4) is 11.1 Å². The summed E-state index contributed by atoms with van der Waals surface area (Å²) in [5, 5.41) is 12.7. The van der Waals surface area contributed by atoms with Crippen molar-refractivity contribution in [2.75, 3.05) is 19.7 Å². The van der Waals surface area contributed by atoms with Gasteiger partial charge in [0.15, 0.2) is 0 Å². The minimum absolute atomic E-state index is 0.0942. The second kappa shape index (κ2) is 10.6. The van der Waals surface area contributed by atoms with Gasteiger partial charge in [0.2, 0.25) is 0 Å². The highest BCUT2D eigenvalue weighted by Crippen LogP contribution is 2.44. The van der Waals surface area contributed by atoms with Crippen LogP contribution in [0.3, 0.4) is 0 Å². The van der Waals surface area contributed by atoms with Crippen LogP contribution in [0.1, 0.15) is 57.1 Å². The fourth-order valence-corrected chi connectivity index (χ4v) is 5.27. The van der Waals surface area contributed by atoms with E-state index in [0.29, 0.717) is 25.8 Å². The van der Waals surface area contributed by atoms with Gasteiger partial charge in [-0.15, -0.1) is 0 Å². The van der Waals surface area contributed by atoms with E-state index in [1.807, 2.05) is 36.4 Å². The SMILES string of the molecule is CC(C)(C)OC(=O)NCCC1CCCN(C(=O)OCC2c3ccccc3-c3ccccc32)C1C(=O)O. The quantitative estimate of drug-likeness (QED) is 0.585. The molecule has 1 fully saturated rings. The Kier molecular flexibility index (Phi) is 7.52. The highest BCUT2D eigenvalue weighted by Gasteiger charge is 2.40. The number of piperidine rings is 1. The van der Waals surface area contributed by atoms with Crippen molar-refractivity contribution in [3.63, 3.8) is 0 Å². The molecular weight excluding hydrogens is 460 g/mol. The molecule has 0 saturated carbocycles. The molecule has 1 heterocycles. The number of nitrogens with one attached hydrogen (secondary N) is 1. The number of likely N-dealkylation sites (tertiary alicyclic amines) is 1. The maximum atomic E-state index is 13.1. The van der Waals surface area contributed by atoms with Gasteiger partial charge in [0.05, 0.1) is 0 Å². The second-order valence-corrected chi connectivity index (χ2v) is 10.4. The first-order valence-corrected chi connectivity index (χ1v) is 12.5. The number of carboxylic acid groups (broad SMARTS) is 1. The van der Waals surface area contributed by atoms with Crippen LogP contribution >= 0.6 is 0 Å². The van der Waals surface area contributed by atoms with Crippen LogP contribution in [0.25, 0.3) is 11.1 Å². The van der Waals surface area contributed by atoms with Crippen molar-refractivity contribution in [2.24, 2.45) is 5.92 Å². The summed E-state index contributed by atoms with van der Waals surface area (Å²) >= 11 is 0. The number of aliphatic carboxylic acids is 1. The predicted octanol–water partition coefficient (Wildman–Crippen LogP) is 5.02. The Morgan fingerprint density at radius 1 is 1.03 bits per heavy atom. The van der Waals surface area contributed by atoms with E-state index in [9.17, 15) is 19.5 Å². The number of carbonyl (C=O) groups excluding carboxylic acids is 2. The molecule has 8 heteroatoms. The maximum absolute atomic E-state index is 13.1. The zero-order chi connectivity index (χ0) is 25.9. The fraction of sp³-hybridized carbons (Fsp3) is 0.464. The lowest BCUT2D eigenvalue weighted by Gasteiger charge is -2.38. The maximum Gasteiger partial charge on any atom is 0.410 e. The summed E-state index contributed by atoms with van der Waals surface area (Å²) in [4.78, 5) is 38.6. The van der Waals surface area contributed by atoms with Crippen LogP contribution < -0.4 is 5.32 Å². The lowest BCUT2D eigenvalue weighted by atomic mass is 9.86. The zero-order valence-electron chi connectivity index (χ0n) is 21.0. The van der Waals surface area contributed by atoms with Crippen molar-refractivity contribution >= 4 is 18.2 Å². The third-order valence-electron chi connectivity index (χ3n) is 6.76. The molecule has 0 spiro atoms. The molecule has 2 unspecified atom stereocenters. The number of alkyl carbamates (subject to hydrolysis) is 1. The summed E-state index contributed by atoms with van der Waals surface area (Å²) in [6.07, 6.45) is 0.585. The van der Waals surface area contributed by atoms with Crippen molar-refractivity contribution in [1.82, 2.24) is 10.2 Å². The van der Waals surface area contributed by atoms with Gasteiger partial charge >= 0.3 is 18.2 Å². The molecule has 2 amide bonds. The summed E-state index contributed by atoms with van der Waals surface area (Å²) in [5.41, 5.74) is 3.86. The molecule has 0 radical (unpaired) electrons. The van der Waals surface area contributed by atoms with E-state index in [1.54, 1.807) is 20.8 Å². The van der Waals surface area contributed by atoms with Crippen molar-refractivity contribution < 1.29 is 29.0 Å². The Labute approximate surface area is 211 Å². The molecule has 0 aromatic heterocycles.